The van der Waals surface area contributed by atoms with Crippen LogP contribution in [0.25, 0.3) is 0 Å². The Hall–Kier alpha value is -2.73. The molecule has 0 aromatic carbocycles. The lowest BCUT2D eigenvalue weighted by Gasteiger charge is -2.28. The van der Waals surface area contributed by atoms with Gasteiger partial charge in [-0.05, 0) is 11.8 Å². The van der Waals surface area contributed by atoms with Crippen LogP contribution in [0.1, 0.15) is 47.0 Å². The second-order valence-electron chi connectivity index (χ2n) is 7.60. The summed E-state index contributed by atoms with van der Waals surface area (Å²) in [6.07, 6.45) is 0.560. The van der Waals surface area contributed by atoms with Crippen molar-refractivity contribution in [2.75, 3.05) is 6.61 Å². The summed E-state index contributed by atoms with van der Waals surface area (Å²) in [5.41, 5.74) is 10.6. The molecule has 0 heterocycles. The van der Waals surface area contributed by atoms with Crippen LogP contribution in [0.3, 0.4) is 0 Å². The van der Waals surface area contributed by atoms with E-state index in [1.165, 1.54) is 0 Å². The molecular formula is C19H35N5O7. The van der Waals surface area contributed by atoms with Crippen molar-refractivity contribution in [3.05, 3.63) is 0 Å². The van der Waals surface area contributed by atoms with Gasteiger partial charge in [-0.25, -0.2) is 4.79 Å². The lowest BCUT2D eigenvalue weighted by molar-refractivity contribution is -0.144. The van der Waals surface area contributed by atoms with Gasteiger partial charge in [0.2, 0.25) is 23.6 Å². The predicted molar refractivity (Wildman–Crippen MR) is 111 cm³/mol. The number of hydrogen-bond acceptors (Lipinski definition) is 7. The molecule has 0 spiro atoms. The molecule has 0 saturated heterocycles. The number of aliphatic hydroxyl groups is 1. The van der Waals surface area contributed by atoms with Crippen LogP contribution in [0.5, 0.6) is 0 Å². The van der Waals surface area contributed by atoms with E-state index in [0.717, 1.165) is 0 Å². The first-order valence-electron chi connectivity index (χ1n) is 10.2. The number of rotatable bonds is 14. The normalized spacial score (nSPS) is 16.7. The number of carboxylic acids is 1. The van der Waals surface area contributed by atoms with Crippen LogP contribution in [0.2, 0.25) is 0 Å². The zero-order valence-electron chi connectivity index (χ0n) is 18.4. The van der Waals surface area contributed by atoms with Crippen LogP contribution in [-0.2, 0) is 24.0 Å². The number of carbonyl (C=O) groups excluding carboxylic acids is 4. The van der Waals surface area contributed by atoms with Crippen molar-refractivity contribution >= 4 is 29.6 Å². The molecule has 0 aromatic heterocycles. The number of aliphatic carboxylic acids is 1. The number of primary amides is 1. The first-order chi connectivity index (χ1) is 14.4. The maximum atomic E-state index is 12.7. The SMILES string of the molecule is CCC(C)C(NC(=O)C(CO)NC(=O)C(NC(=O)C(N)CC(N)=O)C(C)CC)C(=O)O. The lowest BCUT2D eigenvalue weighted by atomic mass is 9.97. The van der Waals surface area contributed by atoms with Crippen LogP contribution in [0, 0.1) is 11.8 Å². The molecule has 6 atom stereocenters. The minimum absolute atomic E-state index is 0.376. The summed E-state index contributed by atoms with van der Waals surface area (Å²) in [6, 6.07) is -4.98. The number of carbonyl (C=O) groups is 5. The van der Waals surface area contributed by atoms with E-state index in [1.807, 2.05) is 0 Å². The Morgan fingerprint density at radius 1 is 0.839 bits per heavy atom. The van der Waals surface area contributed by atoms with Crippen LogP contribution >= 0.6 is 0 Å². The minimum atomic E-state index is -1.43. The Bertz CT molecular complexity index is 658. The van der Waals surface area contributed by atoms with Gasteiger partial charge in [0.05, 0.1) is 19.1 Å². The van der Waals surface area contributed by atoms with E-state index >= 15 is 0 Å². The predicted octanol–water partition coefficient (Wildman–Crippen LogP) is -2.19. The number of nitrogens with one attached hydrogen (secondary N) is 3. The van der Waals surface area contributed by atoms with E-state index < -0.39 is 66.8 Å². The highest BCUT2D eigenvalue weighted by atomic mass is 16.4. The third-order valence-corrected chi connectivity index (χ3v) is 5.14. The van der Waals surface area contributed by atoms with Gasteiger partial charge in [0.1, 0.15) is 18.1 Å². The number of aliphatic hydroxyl groups excluding tert-OH is 1. The quantitative estimate of drug-likeness (QED) is 0.155. The monoisotopic (exact) mass is 445 g/mol. The van der Waals surface area contributed by atoms with Gasteiger partial charge in [0.25, 0.3) is 0 Å². The van der Waals surface area contributed by atoms with E-state index in [4.69, 9.17) is 11.5 Å². The van der Waals surface area contributed by atoms with Gasteiger partial charge in [0.15, 0.2) is 0 Å². The molecule has 0 aliphatic rings. The van der Waals surface area contributed by atoms with Crippen molar-refractivity contribution in [3.63, 3.8) is 0 Å². The Kier molecular flexibility index (Phi) is 12.4. The standard InChI is InChI=1S/C19H35N5O7/c1-5-9(3)14(23-16(27)11(20)7-13(21)26)18(29)22-12(8-25)17(28)24-15(19(30)31)10(4)6-2/h9-12,14-15,25H,5-8,20H2,1-4H3,(H2,21,26)(H,22,29)(H,23,27)(H,24,28)(H,30,31). The summed E-state index contributed by atoms with van der Waals surface area (Å²) in [5, 5.41) is 25.9. The van der Waals surface area contributed by atoms with Crippen LogP contribution < -0.4 is 27.4 Å². The molecule has 6 unspecified atom stereocenters. The van der Waals surface area contributed by atoms with Gasteiger partial charge in [-0.2, -0.15) is 0 Å². The number of amides is 4. The van der Waals surface area contributed by atoms with Crippen LogP contribution in [0.4, 0.5) is 0 Å². The molecule has 0 aliphatic heterocycles. The van der Waals surface area contributed by atoms with Gasteiger partial charge < -0.3 is 37.6 Å². The third kappa shape index (κ3) is 9.30. The van der Waals surface area contributed by atoms with Gasteiger partial charge in [-0.3, -0.25) is 19.2 Å². The maximum absolute atomic E-state index is 12.7. The second kappa shape index (κ2) is 13.5. The third-order valence-electron chi connectivity index (χ3n) is 5.14. The number of hydrogen-bond donors (Lipinski definition) is 7. The molecule has 0 rings (SSSR count). The average molecular weight is 446 g/mol. The molecule has 0 fully saturated rings. The fourth-order valence-corrected chi connectivity index (χ4v) is 2.66. The fourth-order valence-electron chi connectivity index (χ4n) is 2.66. The first-order valence-corrected chi connectivity index (χ1v) is 10.2. The van der Waals surface area contributed by atoms with Crippen LogP contribution in [0.15, 0.2) is 0 Å². The molecule has 0 bridgehead atoms. The maximum Gasteiger partial charge on any atom is 0.326 e. The Labute approximate surface area is 181 Å². The van der Waals surface area contributed by atoms with Gasteiger partial charge in [0, 0.05) is 0 Å². The Morgan fingerprint density at radius 2 is 1.32 bits per heavy atom. The minimum Gasteiger partial charge on any atom is -0.480 e. The average Bonchev–Trinajstić information content (AvgIpc) is 2.71. The highest BCUT2D eigenvalue weighted by Crippen LogP contribution is 2.10. The van der Waals surface area contributed by atoms with Crippen LogP contribution in [-0.4, -0.2) is 70.6 Å². The van der Waals surface area contributed by atoms with Crippen molar-refractivity contribution in [2.24, 2.45) is 23.3 Å². The van der Waals surface area contributed by atoms with Gasteiger partial charge in [-0.15, -0.1) is 0 Å². The molecule has 31 heavy (non-hydrogen) atoms. The Balaban J connectivity index is 5.35. The van der Waals surface area contributed by atoms with E-state index in [-0.39, 0.29) is 11.8 Å². The summed E-state index contributed by atoms with van der Waals surface area (Å²) < 4.78 is 0. The van der Waals surface area contributed by atoms with E-state index in [1.54, 1.807) is 27.7 Å². The van der Waals surface area contributed by atoms with Gasteiger partial charge >= 0.3 is 5.97 Å². The largest absolute Gasteiger partial charge is 0.480 e. The topological polar surface area (TPSA) is 214 Å². The van der Waals surface area contributed by atoms with E-state index in [9.17, 15) is 34.2 Å². The number of carboxylic acid groups (broad SMARTS) is 1. The smallest absolute Gasteiger partial charge is 0.326 e. The molecule has 4 amide bonds. The summed E-state index contributed by atoms with van der Waals surface area (Å²) in [5.74, 6) is -5.18. The molecule has 178 valence electrons. The molecule has 0 radical (unpaired) electrons. The molecule has 12 nitrogen and oxygen atoms in total. The summed E-state index contributed by atoms with van der Waals surface area (Å²) >= 11 is 0. The highest BCUT2D eigenvalue weighted by molar-refractivity contribution is 5.95. The number of nitrogens with two attached hydrogens (primary N) is 2. The lowest BCUT2D eigenvalue weighted by Crippen LogP contribution is -2.60. The van der Waals surface area contributed by atoms with Crippen molar-refractivity contribution in [3.8, 4) is 0 Å². The highest BCUT2D eigenvalue weighted by Gasteiger charge is 2.33. The summed E-state index contributed by atoms with van der Waals surface area (Å²) in [4.78, 5) is 59.8. The van der Waals surface area contributed by atoms with Crippen molar-refractivity contribution < 1.29 is 34.2 Å². The van der Waals surface area contributed by atoms with Crippen molar-refractivity contribution in [1.29, 1.82) is 0 Å². The van der Waals surface area contributed by atoms with Crippen molar-refractivity contribution in [2.45, 2.75) is 71.1 Å². The Morgan fingerprint density at radius 3 is 1.74 bits per heavy atom. The zero-order valence-corrected chi connectivity index (χ0v) is 18.4. The molecule has 0 aromatic rings. The fraction of sp³-hybridized carbons (Fsp3) is 0.737. The molecule has 12 heteroatoms. The zero-order chi connectivity index (χ0) is 24.3. The molecule has 0 aliphatic carbocycles. The summed E-state index contributed by atoms with van der Waals surface area (Å²) in [7, 11) is 0. The first kappa shape index (κ1) is 28.3. The van der Waals surface area contributed by atoms with Gasteiger partial charge in [-0.1, -0.05) is 40.5 Å². The second-order valence-corrected chi connectivity index (χ2v) is 7.60. The summed E-state index contributed by atoms with van der Waals surface area (Å²) in [6.45, 7) is 6.09. The van der Waals surface area contributed by atoms with E-state index in [0.29, 0.717) is 12.8 Å². The molecular weight excluding hydrogens is 410 g/mol. The molecule has 9 N–H and O–H groups in total. The molecule has 0 saturated carbocycles. The van der Waals surface area contributed by atoms with E-state index in [2.05, 4.69) is 16.0 Å². The van der Waals surface area contributed by atoms with Crippen molar-refractivity contribution in [1.82, 2.24) is 16.0 Å².